The molecule has 3 heterocycles. The molecule has 5 aliphatic carbocycles. The van der Waals surface area contributed by atoms with Crippen LogP contribution in [-0.4, -0.2) is 9.97 Å². The first-order valence-electron chi connectivity index (χ1n) is 21.7. The molecule has 7 aromatic carbocycles. The molecule has 2 nitrogen and oxygen atoms in total. The van der Waals surface area contributed by atoms with Crippen molar-refractivity contribution >= 4 is 63.1 Å². The Kier molecular flexibility index (Phi) is 7.08. The van der Waals surface area contributed by atoms with Gasteiger partial charge in [0.1, 0.15) is 0 Å². The summed E-state index contributed by atoms with van der Waals surface area (Å²) in [5.41, 5.74) is 15.7. The fraction of sp³-hybridized carbons (Fsp3) is 0.179. The zero-order valence-corrected chi connectivity index (χ0v) is 34.7. The Morgan fingerprint density at radius 1 is 0.450 bits per heavy atom. The van der Waals surface area contributed by atoms with E-state index >= 15 is 0 Å². The standard InChI is InChI=1S/C56H40N2S2/c1-2-11-35(12-3-1)52-54-53(43-15-6-9-19-48(43)60-54)58-55(57-52)36-23-21-34(22-24-36)44-30-37(40-16-10-20-49-50(40)42-14-5-8-18-47(42)59-49)31-45-41-13-4-7-17-46(41)56(51(44)45)38-26-32-25-33(28-38)29-39(56)27-32/h1-24,30-33,38-39H,25-29H2. The van der Waals surface area contributed by atoms with Crippen molar-refractivity contribution in [2.45, 2.75) is 37.5 Å². The molecule has 0 radical (unpaired) electrons. The summed E-state index contributed by atoms with van der Waals surface area (Å²) in [5, 5.41) is 3.91. The maximum atomic E-state index is 5.34. The number of hydrogen-bond acceptors (Lipinski definition) is 4. The van der Waals surface area contributed by atoms with Gasteiger partial charge in [-0.2, -0.15) is 0 Å². The second-order valence-corrected chi connectivity index (χ2v) is 20.2. The zero-order valence-electron chi connectivity index (χ0n) is 33.1. The fourth-order valence-corrected chi connectivity index (χ4v) is 15.3. The third-order valence-electron chi connectivity index (χ3n) is 15.1. The van der Waals surface area contributed by atoms with Crippen molar-refractivity contribution in [2.75, 3.05) is 0 Å². The van der Waals surface area contributed by atoms with Crippen LogP contribution in [0.25, 0.3) is 96.5 Å². The van der Waals surface area contributed by atoms with Crippen molar-refractivity contribution < 1.29 is 0 Å². The lowest BCUT2D eigenvalue weighted by Gasteiger charge is -2.61. The third kappa shape index (κ3) is 4.64. The highest BCUT2D eigenvalue weighted by atomic mass is 32.1. The van der Waals surface area contributed by atoms with Gasteiger partial charge >= 0.3 is 0 Å². The quantitative estimate of drug-likeness (QED) is 0.177. The lowest BCUT2D eigenvalue weighted by atomic mass is 9.42. The summed E-state index contributed by atoms with van der Waals surface area (Å²) in [7, 11) is 0. The predicted octanol–water partition coefficient (Wildman–Crippen LogP) is 15.6. The van der Waals surface area contributed by atoms with Crippen LogP contribution in [0.3, 0.4) is 0 Å². The van der Waals surface area contributed by atoms with Crippen LogP contribution in [0.4, 0.5) is 0 Å². The van der Waals surface area contributed by atoms with Gasteiger partial charge in [-0.15, -0.1) is 22.7 Å². The first kappa shape index (κ1) is 33.8. The number of hydrogen-bond donors (Lipinski definition) is 0. The molecule has 4 fully saturated rings. The topological polar surface area (TPSA) is 25.8 Å². The minimum absolute atomic E-state index is 0.0473. The van der Waals surface area contributed by atoms with Gasteiger partial charge in [-0.25, -0.2) is 9.97 Å². The summed E-state index contributed by atoms with van der Waals surface area (Å²) in [6.45, 7) is 0. The monoisotopic (exact) mass is 804 g/mol. The molecule has 4 heteroatoms. The minimum Gasteiger partial charge on any atom is -0.226 e. The van der Waals surface area contributed by atoms with E-state index in [1.165, 1.54) is 95.7 Å². The SMILES string of the molecule is c1ccc(-c2nc(-c3ccc(-c4cc(-c5cccc6sc7ccccc7c56)cc5c4C4(c6ccccc6-5)C5CC6CC(C5)CC4C6)cc3)nc3c2sc2ccccc23)cc1. The Morgan fingerprint density at radius 3 is 1.88 bits per heavy atom. The Balaban J connectivity index is 1.00. The van der Waals surface area contributed by atoms with E-state index in [1.807, 2.05) is 11.3 Å². The molecule has 10 aromatic rings. The van der Waals surface area contributed by atoms with Gasteiger partial charge in [-0.1, -0.05) is 127 Å². The van der Waals surface area contributed by atoms with Crippen LogP contribution in [0, 0.1) is 23.7 Å². The van der Waals surface area contributed by atoms with E-state index in [0.717, 1.165) is 44.7 Å². The van der Waals surface area contributed by atoms with Gasteiger partial charge < -0.3 is 0 Å². The van der Waals surface area contributed by atoms with E-state index in [4.69, 9.17) is 9.97 Å². The van der Waals surface area contributed by atoms with Crippen LogP contribution in [0.15, 0.2) is 158 Å². The van der Waals surface area contributed by atoms with E-state index in [-0.39, 0.29) is 5.41 Å². The van der Waals surface area contributed by atoms with Crippen molar-refractivity contribution in [1.29, 1.82) is 0 Å². The summed E-state index contributed by atoms with van der Waals surface area (Å²) < 4.78 is 5.08. The molecule has 15 rings (SSSR count). The van der Waals surface area contributed by atoms with E-state index in [2.05, 4.69) is 158 Å². The minimum atomic E-state index is 0.0473. The van der Waals surface area contributed by atoms with E-state index in [0.29, 0.717) is 11.8 Å². The van der Waals surface area contributed by atoms with Crippen LogP contribution in [0.1, 0.15) is 43.2 Å². The van der Waals surface area contributed by atoms with Crippen LogP contribution in [0.2, 0.25) is 0 Å². The van der Waals surface area contributed by atoms with Crippen LogP contribution in [0.5, 0.6) is 0 Å². The Bertz CT molecular complexity index is 3360. The highest BCUT2D eigenvalue weighted by Gasteiger charge is 2.62. The van der Waals surface area contributed by atoms with Gasteiger partial charge in [0.25, 0.3) is 0 Å². The van der Waals surface area contributed by atoms with Crippen molar-refractivity contribution in [3.05, 3.63) is 169 Å². The third-order valence-corrected chi connectivity index (χ3v) is 17.4. The van der Waals surface area contributed by atoms with E-state index in [1.54, 1.807) is 22.5 Å². The summed E-state index contributed by atoms with van der Waals surface area (Å²) in [5.74, 6) is 3.91. The average Bonchev–Trinajstić information content (AvgIpc) is 3.96. The highest BCUT2D eigenvalue weighted by molar-refractivity contribution is 7.26. The van der Waals surface area contributed by atoms with Crippen molar-refractivity contribution in [3.63, 3.8) is 0 Å². The molecule has 4 bridgehead atoms. The maximum absolute atomic E-state index is 5.34. The van der Waals surface area contributed by atoms with Crippen LogP contribution >= 0.6 is 22.7 Å². The maximum Gasteiger partial charge on any atom is 0.160 e. The van der Waals surface area contributed by atoms with Crippen molar-refractivity contribution in [1.82, 2.24) is 9.97 Å². The second kappa shape index (κ2) is 12.5. The molecule has 60 heavy (non-hydrogen) atoms. The normalized spacial score (nSPS) is 22.4. The summed E-state index contributed by atoms with van der Waals surface area (Å²) >= 11 is 3.70. The second-order valence-electron chi connectivity index (χ2n) is 18.1. The van der Waals surface area contributed by atoms with E-state index in [9.17, 15) is 0 Å². The van der Waals surface area contributed by atoms with Gasteiger partial charge in [0.05, 0.1) is 15.9 Å². The smallest absolute Gasteiger partial charge is 0.160 e. The zero-order chi connectivity index (χ0) is 39.1. The summed E-state index contributed by atoms with van der Waals surface area (Å²) in [4.78, 5) is 10.7. The molecule has 4 saturated carbocycles. The highest BCUT2D eigenvalue weighted by Crippen LogP contribution is 2.70. The van der Waals surface area contributed by atoms with Gasteiger partial charge in [-0.05, 0) is 131 Å². The first-order chi connectivity index (χ1) is 29.7. The molecular formula is C56H40N2S2. The number of fused-ring (bicyclic) bond motifs is 9. The van der Waals surface area contributed by atoms with Gasteiger partial charge in [0.15, 0.2) is 5.82 Å². The molecule has 0 unspecified atom stereocenters. The van der Waals surface area contributed by atoms with Gasteiger partial charge in [-0.3, -0.25) is 0 Å². The van der Waals surface area contributed by atoms with Crippen LogP contribution < -0.4 is 0 Å². The molecule has 3 aromatic heterocycles. The predicted molar refractivity (Wildman–Crippen MR) is 253 cm³/mol. The fourth-order valence-electron chi connectivity index (χ4n) is 13.0. The molecule has 0 aliphatic heterocycles. The molecule has 0 saturated heterocycles. The lowest BCUT2D eigenvalue weighted by molar-refractivity contribution is -0.0397. The van der Waals surface area contributed by atoms with Gasteiger partial charge in [0.2, 0.25) is 0 Å². The van der Waals surface area contributed by atoms with Crippen LogP contribution in [-0.2, 0) is 5.41 Å². The largest absolute Gasteiger partial charge is 0.226 e. The lowest BCUT2D eigenvalue weighted by Crippen LogP contribution is -2.55. The number of nitrogens with zero attached hydrogens (tertiary/aromatic N) is 2. The molecule has 1 spiro atoms. The Labute approximate surface area is 357 Å². The Hall–Kier alpha value is -5.94. The molecule has 0 atom stereocenters. The van der Waals surface area contributed by atoms with E-state index < -0.39 is 0 Å². The Morgan fingerprint density at radius 2 is 1.08 bits per heavy atom. The number of rotatable bonds is 4. The summed E-state index contributed by atoms with van der Waals surface area (Å²) in [6, 6.07) is 59.2. The number of benzene rings is 7. The first-order valence-corrected chi connectivity index (χ1v) is 23.4. The molecule has 0 N–H and O–H groups in total. The number of thiophene rings is 2. The van der Waals surface area contributed by atoms with Crippen molar-refractivity contribution in [2.24, 2.45) is 23.7 Å². The number of aromatic nitrogens is 2. The van der Waals surface area contributed by atoms with Crippen molar-refractivity contribution in [3.8, 4) is 56.0 Å². The molecule has 286 valence electrons. The molecule has 5 aliphatic rings. The molecular weight excluding hydrogens is 765 g/mol. The van der Waals surface area contributed by atoms with Gasteiger partial charge in [0, 0.05) is 46.8 Å². The molecule has 0 amide bonds. The average molecular weight is 805 g/mol. The summed E-state index contributed by atoms with van der Waals surface area (Å²) in [6.07, 6.45) is 6.90.